The molecule has 0 atom stereocenters. The Labute approximate surface area is 145 Å². The molecule has 1 amide bonds. The Kier molecular flexibility index (Phi) is 6.27. The number of anilines is 1. The molecule has 1 aliphatic rings. The zero-order valence-electron chi connectivity index (χ0n) is 14.9. The van der Waals surface area contributed by atoms with Crippen molar-refractivity contribution in [2.24, 2.45) is 0 Å². The van der Waals surface area contributed by atoms with Crippen LogP contribution in [0.4, 0.5) is 5.69 Å². The van der Waals surface area contributed by atoms with Crippen molar-refractivity contribution >= 4 is 21.6 Å². The Morgan fingerprint density at radius 2 is 1.79 bits per heavy atom. The SMILES string of the molecule is Cc1ccc(N(CCCC(=O)N2CCCCC2)S(C)(=O)=O)cc1C. The van der Waals surface area contributed by atoms with Crippen molar-refractivity contribution in [3.05, 3.63) is 29.3 Å². The quantitative estimate of drug-likeness (QED) is 0.791. The molecule has 0 bridgehead atoms. The zero-order valence-corrected chi connectivity index (χ0v) is 15.7. The number of likely N-dealkylation sites (tertiary alicyclic amines) is 1. The van der Waals surface area contributed by atoms with Gasteiger partial charge >= 0.3 is 0 Å². The van der Waals surface area contributed by atoms with Gasteiger partial charge in [-0.2, -0.15) is 0 Å². The van der Waals surface area contributed by atoms with Crippen molar-refractivity contribution in [1.82, 2.24) is 4.90 Å². The fraction of sp³-hybridized carbons (Fsp3) is 0.611. The molecular weight excluding hydrogens is 324 g/mol. The second kappa shape index (κ2) is 8.01. The number of hydrogen-bond donors (Lipinski definition) is 0. The summed E-state index contributed by atoms with van der Waals surface area (Å²) < 4.78 is 25.7. The predicted molar refractivity (Wildman–Crippen MR) is 97.8 cm³/mol. The van der Waals surface area contributed by atoms with Gasteiger partial charge in [0.25, 0.3) is 0 Å². The molecule has 1 heterocycles. The maximum absolute atomic E-state index is 12.2. The van der Waals surface area contributed by atoms with E-state index in [-0.39, 0.29) is 5.91 Å². The van der Waals surface area contributed by atoms with Gasteiger partial charge in [0.15, 0.2) is 0 Å². The number of nitrogens with zero attached hydrogens (tertiary/aromatic N) is 2. The summed E-state index contributed by atoms with van der Waals surface area (Å²) in [6.45, 7) is 5.98. The average Bonchev–Trinajstić information content (AvgIpc) is 2.54. The van der Waals surface area contributed by atoms with E-state index in [9.17, 15) is 13.2 Å². The molecule has 5 nitrogen and oxygen atoms in total. The smallest absolute Gasteiger partial charge is 0.232 e. The lowest BCUT2D eigenvalue weighted by molar-refractivity contribution is -0.132. The van der Waals surface area contributed by atoms with Gasteiger partial charge in [-0.05, 0) is 62.8 Å². The van der Waals surface area contributed by atoms with Gasteiger partial charge in [-0.15, -0.1) is 0 Å². The lowest BCUT2D eigenvalue weighted by atomic mass is 10.1. The minimum atomic E-state index is -3.36. The molecule has 0 spiro atoms. The normalized spacial score (nSPS) is 15.4. The highest BCUT2D eigenvalue weighted by atomic mass is 32.2. The molecule has 0 saturated carbocycles. The minimum Gasteiger partial charge on any atom is -0.343 e. The number of hydrogen-bond acceptors (Lipinski definition) is 3. The standard InChI is InChI=1S/C18H28N2O3S/c1-15-9-10-17(14-16(15)2)20(24(3,22)23)13-7-8-18(21)19-11-5-4-6-12-19/h9-10,14H,4-8,11-13H2,1-3H3. The third-order valence-corrected chi connectivity index (χ3v) is 5.83. The highest BCUT2D eigenvalue weighted by Gasteiger charge is 2.20. The van der Waals surface area contributed by atoms with Crippen LogP contribution in [0.25, 0.3) is 0 Å². The number of carbonyl (C=O) groups is 1. The van der Waals surface area contributed by atoms with Crippen LogP contribution in [-0.4, -0.2) is 45.1 Å². The first-order valence-corrected chi connectivity index (χ1v) is 10.5. The molecule has 0 aliphatic carbocycles. The molecule has 1 aliphatic heterocycles. The fourth-order valence-electron chi connectivity index (χ4n) is 3.04. The van der Waals surface area contributed by atoms with Crippen LogP contribution in [0.5, 0.6) is 0 Å². The number of benzene rings is 1. The van der Waals surface area contributed by atoms with Crippen molar-refractivity contribution in [2.45, 2.75) is 46.0 Å². The number of piperidine rings is 1. The molecule has 0 radical (unpaired) electrons. The average molecular weight is 353 g/mol. The van der Waals surface area contributed by atoms with Crippen LogP contribution in [0.15, 0.2) is 18.2 Å². The summed E-state index contributed by atoms with van der Waals surface area (Å²) in [7, 11) is -3.36. The monoisotopic (exact) mass is 352 g/mol. The van der Waals surface area contributed by atoms with Crippen LogP contribution in [0, 0.1) is 13.8 Å². The number of aryl methyl sites for hydroxylation is 2. The van der Waals surface area contributed by atoms with Gasteiger partial charge in [-0.25, -0.2) is 8.42 Å². The van der Waals surface area contributed by atoms with Gasteiger partial charge in [0, 0.05) is 26.1 Å². The Bertz CT molecular complexity index is 680. The molecule has 0 N–H and O–H groups in total. The summed E-state index contributed by atoms with van der Waals surface area (Å²) >= 11 is 0. The third-order valence-electron chi connectivity index (χ3n) is 4.64. The van der Waals surface area contributed by atoms with Gasteiger partial charge in [0.1, 0.15) is 0 Å². The third kappa shape index (κ3) is 4.97. The van der Waals surface area contributed by atoms with E-state index in [4.69, 9.17) is 0 Å². The minimum absolute atomic E-state index is 0.142. The zero-order chi connectivity index (χ0) is 17.7. The van der Waals surface area contributed by atoms with Gasteiger partial charge in [-0.1, -0.05) is 6.07 Å². The van der Waals surface area contributed by atoms with Crippen molar-refractivity contribution in [2.75, 3.05) is 30.2 Å². The first kappa shape index (κ1) is 18.8. The molecule has 2 rings (SSSR count). The number of rotatable bonds is 6. The summed E-state index contributed by atoms with van der Waals surface area (Å²) in [5.41, 5.74) is 2.86. The number of amides is 1. The first-order valence-electron chi connectivity index (χ1n) is 8.62. The summed E-state index contributed by atoms with van der Waals surface area (Å²) in [4.78, 5) is 14.1. The second-order valence-electron chi connectivity index (χ2n) is 6.65. The number of sulfonamides is 1. The molecule has 1 aromatic carbocycles. The molecule has 24 heavy (non-hydrogen) atoms. The van der Waals surface area contributed by atoms with E-state index < -0.39 is 10.0 Å². The molecular formula is C18H28N2O3S. The lowest BCUT2D eigenvalue weighted by Gasteiger charge is -2.27. The van der Waals surface area contributed by atoms with Crippen LogP contribution in [0.1, 0.15) is 43.2 Å². The van der Waals surface area contributed by atoms with Gasteiger partial charge in [-0.3, -0.25) is 9.10 Å². The first-order chi connectivity index (χ1) is 11.3. The Hall–Kier alpha value is -1.56. The van der Waals surface area contributed by atoms with Crippen LogP contribution in [-0.2, 0) is 14.8 Å². The number of carbonyl (C=O) groups excluding carboxylic acids is 1. The molecule has 1 fully saturated rings. The van der Waals surface area contributed by atoms with Crippen molar-refractivity contribution in [1.29, 1.82) is 0 Å². The van der Waals surface area contributed by atoms with Crippen LogP contribution in [0.2, 0.25) is 0 Å². The summed E-state index contributed by atoms with van der Waals surface area (Å²) in [6, 6.07) is 5.65. The molecule has 0 unspecified atom stereocenters. The van der Waals surface area contributed by atoms with Gasteiger partial charge in [0.05, 0.1) is 11.9 Å². The molecule has 1 aromatic rings. The van der Waals surface area contributed by atoms with Crippen LogP contribution < -0.4 is 4.31 Å². The van der Waals surface area contributed by atoms with Gasteiger partial charge in [0.2, 0.25) is 15.9 Å². The molecule has 0 aromatic heterocycles. The molecule has 6 heteroatoms. The molecule has 1 saturated heterocycles. The summed E-state index contributed by atoms with van der Waals surface area (Å²) in [5.74, 6) is 0.142. The van der Waals surface area contributed by atoms with Crippen LogP contribution in [0.3, 0.4) is 0 Å². The summed E-state index contributed by atoms with van der Waals surface area (Å²) in [5, 5.41) is 0. The van der Waals surface area contributed by atoms with E-state index in [1.165, 1.54) is 17.0 Å². The topological polar surface area (TPSA) is 57.7 Å². The van der Waals surface area contributed by atoms with E-state index in [2.05, 4.69) is 0 Å². The Balaban J connectivity index is 1.99. The maximum Gasteiger partial charge on any atom is 0.232 e. The van der Waals surface area contributed by atoms with Crippen LogP contribution >= 0.6 is 0 Å². The fourth-order valence-corrected chi connectivity index (χ4v) is 4.00. The second-order valence-corrected chi connectivity index (χ2v) is 8.56. The van der Waals surface area contributed by atoms with E-state index in [0.717, 1.165) is 37.1 Å². The Morgan fingerprint density at radius 3 is 2.38 bits per heavy atom. The maximum atomic E-state index is 12.2. The van der Waals surface area contributed by atoms with E-state index in [1.807, 2.05) is 36.9 Å². The highest BCUT2D eigenvalue weighted by molar-refractivity contribution is 7.92. The van der Waals surface area contributed by atoms with Crippen molar-refractivity contribution < 1.29 is 13.2 Å². The van der Waals surface area contributed by atoms with Gasteiger partial charge < -0.3 is 4.90 Å². The Morgan fingerprint density at radius 1 is 1.12 bits per heavy atom. The highest BCUT2D eigenvalue weighted by Crippen LogP contribution is 2.22. The van der Waals surface area contributed by atoms with E-state index in [1.54, 1.807) is 0 Å². The van der Waals surface area contributed by atoms with E-state index >= 15 is 0 Å². The largest absolute Gasteiger partial charge is 0.343 e. The van der Waals surface area contributed by atoms with Crippen molar-refractivity contribution in [3.63, 3.8) is 0 Å². The van der Waals surface area contributed by atoms with E-state index in [0.29, 0.717) is 25.1 Å². The predicted octanol–water partition coefficient (Wildman–Crippen LogP) is 2.86. The van der Waals surface area contributed by atoms with Crippen molar-refractivity contribution in [3.8, 4) is 0 Å². The summed E-state index contributed by atoms with van der Waals surface area (Å²) in [6.07, 6.45) is 5.49. The lowest BCUT2D eigenvalue weighted by Crippen LogP contribution is -2.36. The molecule has 134 valence electrons.